The van der Waals surface area contributed by atoms with Crippen LogP contribution in [0.4, 0.5) is 0 Å². The molecule has 0 aromatic carbocycles. The van der Waals surface area contributed by atoms with Crippen LogP contribution < -0.4 is 4.74 Å². The van der Waals surface area contributed by atoms with Crippen LogP contribution in [0.1, 0.15) is 28.4 Å². The van der Waals surface area contributed by atoms with E-state index in [9.17, 15) is 4.79 Å². The Balaban J connectivity index is 1.59. The van der Waals surface area contributed by atoms with Crippen LogP contribution in [0.3, 0.4) is 0 Å². The van der Waals surface area contributed by atoms with Gasteiger partial charge in [-0.2, -0.15) is 0 Å². The Labute approximate surface area is 141 Å². The highest BCUT2D eigenvalue weighted by Crippen LogP contribution is 2.20. The maximum Gasteiger partial charge on any atom is 0.292 e. The predicted molar refractivity (Wildman–Crippen MR) is 87.8 cm³/mol. The molecule has 1 unspecified atom stereocenters. The number of hydrogen-bond acceptors (Lipinski definition) is 6. The summed E-state index contributed by atoms with van der Waals surface area (Å²) in [5.74, 6) is 0.937. The molecule has 0 radical (unpaired) electrons. The van der Waals surface area contributed by atoms with Gasteiger partial charge in [0.1, 0.15) is 11.9 Å². The van der Waals surface area contributed by atoms with E-state index in [2.05, 4.69) is 15.0 Å². The molecule has 0 bridgehead atoms. The number of carbonyl (C=O) groups is 1. The number of hydrogen-bond donors (Lipinski definition) is 0. The van der Waals surface area contributed by atoms with E-state index in [0.29, 0.717) is 18.8 Å². The molecule has 3 heterocycles. The number of likely N-dealkylation sites (tertiary alicyclic amines) is 1. The molecule has 7 nitrogen and oxygen atoms in total. The molecule has 1 amide bonds. The summed E-state index contributed by atoms with van der Waals surface area (Å²) in [6, 6.07) is 5.46. The van der Waals surface area contributed by atoms with Crippen LogP contribution in [0.5, 0.6) is 5.75 Å². The fourth-order valence-corrected chi connectivity index (χ4v) is 2.76. The first-order valence-corrected chi connectivity index (χ1v) is 8.00. The third-order valence-electron chi connectivity index (χ3n) is 3.84. The van der Waals surface area contributed by atoms with E-state index in [4.69, 9.17) is 9.26 Å². The Morgan fingerprint density at radius 1 is 1.46 bits per heavy atom. The number of ether oxygens (including phenoxy) is 1. The van der Waals surface area contributed by atoms with Crippen LogP contribution in [0.25, 0.3) is 0 Å². The van der Waals surface area contributed by atoms with E-state index >= 15 is 0 Å². The number of amides is 1. The first kappa shape index (κ1) is 16.4. The Morgan fingerprint density at radius 2 is 2.29 bits per heavy atom. The third kappa shape index (κ3) is 3.91. The van der Waals surface area contributed by atoms with Crippen molar-refractivity contribution in [2.75, 3.05) is 27.2 Å². The molecule has 7 heteroatoms. The van der Waals surface area contributed by atoms with Crippen molar-refractivity contribution in [3.8, 4) is 5.75 Å². The average Bonchev–Trinajstić information content (AvgIpc) is 3.15. The fourth-order valence-electron chi connectivity index (χ4n) is 2.76. The van der Waals surface area contributed by atoms with E-state index < -0.39 is 0 Å². The van der Waals surface area contributed by atoms with Gasteiger partial charge in [-0.3, -0.25) is 9.78 Å². The van der Waals surface area contributed by atoms with Crippen LogP contribution in [0, 0.1) is 6.92 Å². The Morgan fingerprint density at radius 3 is 3.00 bits per heavy atom. The largest absolute Gasteiger partial charge is 0.488 e. The highest BCUT2D eigenvalue weighted by atomic mass is 16.5. The summed E-state index contributed by atoms with van der Waals surface area (Å²) >= 11 is 0. The van der Waals surface area contributed by atoms with Gasteiger partial charge < -0.3 is 19.1 Å². The summed E-state index contributed by atoms with van der Waals surface area (Å²) in [6.45, 7) is 3.76. The molecule has 0 saturated carbocycles. The Bertz CT molecular complexity index is 713. The van der Waals surface area contributed by atoms with E-state index in [-0.39, 0.29) is 17.8 Å². The summed E-state index contributed by atoms with van der Waals surface area (Å²) in [5, 5.41) is 3.76. The number of nitrogens with zero attached hydrogens (tertiary/aromatic N) is 4. The van der Waals surface area contributed by atoms with Crippen LogP contribution in [-0.4, -0.2) is 59.1 Å². The van der Waals surface area contributed by atoms with Gasteiger partial charge in [0, 0.05) is 37.8 Å². The first-order valence-electron chi connectivity index (χ1n) is 8.00. The second-order valence-electron chi connectivity index (χ2n) is 6.33. The lowest BCUT2D eigenvalue weighted by molar-refractivity contribution is 0.0731. The molecular weight excluding hydrogens is 308 g/mol. The van der Waals surface area contributed by atoms with Crippen LogP contribution in [0.2, 0.25) is 0 Å². The van der Waals surface area contributed by atoms with Crippen LogP contribution in [0.15, 0.2) is 28.9 Å². The summed E-state index contributed by atoms with van der Waals surface area (Å²) in [7, 11) is 4.00. The first-order chi connectivity index (χ1) is 11.5. The minimum atomic E-state index is -0.135. The normalized spacial score (nSPS) is 17.5. The molecule has 1 saturated heterocycles. The molecule has 0 spiro atoms. The number of aromatic nitrogens is 2. The summed E-state index contributed by atoms with van der Waals surface area (Å²) < 4.78 is 11.1. The van der Waals surface area contributed by atoms with Crippen molar-refractivity contribution in [2.24, 2.45) is 0 Å². The van der Waals surface area contributed by atoms with Gasteiger partial charge in [0.15, 0.2) is 0 Å². The molecule has 1 atom stereocenters. The van der Waals surface area contributed by atoms with Crippen LogP contribution in [-0.2, 0) is 6.54 Å². The molecular formula is C17H22N4O3. The summed E-state index contributed by atoms with van der Waals surface area (Å²) in [4.78, 5) is 20.5. The highest BCUT2D eigenvalue weighted by Gasteiger charge is 2.30. The molecule has 1 aliphatic rings. The number of carbonyl (C=O) groups excluding carboxylic acids is 1. The average molecular weight is 330 g/mol. The lowest BCUT2D eigenvalue weighted by Crippen LogP contribution is -2.30. The lowest BCUT2D eigenvalue weighted by atomic mass is 10.3. The summed E-state index contributed by atoms with van der Waals surface area (Å²) in [6.07, 6.45) is 2.53. The van der Waals surface area contributed by atoms with Gasteiger partial charge in [0.25, 0.3) is 5.91 Å². The topological polar surface area (TPSA) is 71.7 Å². The molecule has 1 aliphatic heterocycles. The maximum absolute atomic E-state index is 12.4. The smallest absolute Gasteiger partial charge is 0.292 e. The molecule has 128 valence electrons. The van der Waals surface area contributed by atoms with Crippen molar-refractivity contribution in [3.63, 3.8) is 0 Å². The van der Waals surface area contributed by atoms with Crippen molar-refractivity contribution < 1.29 is 14.1 Å². The van der Waals surface area contributed by atoms with Gasteiger partial charge in [-0.25, -0.2) is 0 Å². The van der Waals surface area contributed by atoms with Gasteiger partial charge in [-0.05, 0) is 27.1 Å². The zero-order valence-corrected chi connectivity index (χ0v) is 14.2. The minimum absolute atomic E-state index is 0.0208. The molecule has 0 N–H and O–H groups in total. The summed E-state index contributed by atoms with van der Waals surface area (Å²) in [5.41, 5.74) is 1.66. The Hall–Kier alpha value is -2.41. The fraction of sp³-hybridized carbons (Fsp3) is 0.471. The minimum Gasteiger partial charge on any atom is -0.488 e. The van der Waals surface area contributed by atoms with Gasteiger partial charge in [-0.1, -0.05) is 5.16 Å². The van der Waals surface area contributed by atoms with E-state index in [1.165, 1.54) is 0 Å². The van der Waals surface area contributed by atoms with Crippen molar-refractivity contribution in [1.82, 2.24) is 19.9 Å². The molecule has 2 aromatic heterocycles. The number of rotatable bonds is 5. The van der Waals surface area contributed by atoms with Crippen molar-refractivity contribution in [1.29, 1.82) is 0 Å². The monoisotopic (exact) mass is 330 g/mol. The maximum atomic E-state index is 12.4. The highest BCUT2D eigenvalue weighted by molar-refractivity contribution is 5.91. The zero-order chi connectivity index (χ0) is 17.1. The predicted octanol–water partition coefficient (Wildman–Crippen LogP) is 1.73. The zero-order valence-electron chi connectivity index (χ0n) is 14.2. The molecule has 1 fully saturated rings. The molecule has 0 aliphatic carbocycles. The van der Waals surface area contributed by atoms with Gasteiger partial charge in [-0.15, -0.1) is 0 Å². The Kier molecular flexibility index (Phi) is 4.80. The number of aryl methyl sites for hydroxylation is 1. The second kappa shape index (κ2) is 7.00. The van der Waals surface area contributed by atoms with Crippen molar-refractivity contribution in [2.45, 2.75) is 26.0 Å². The molecule has 2 aromatic rings. The van der Waals surface area contributed by atoms with Gasteiger partial charge in [0.2, 0.25) is 5.76 Å². The molecule has 3 rings (SSSR count). The van der Waals surface area contributed by atoms with Gasteiger partial charge in [0.05, 0.1) is 17.9 Å². The SMILES string of the molecule is Cc1cc(C(=O)N2CCC(Oc3ccnc(CN(C)C)c3)C2)on1. The van der Waals surface area contributed by atoms with E-state index in [1.54, 1.807) is 24.1 Å². The standard InChI is InChI=1S/C17H22N4O3/c1-12-8-16(24-19-12)17(22)21-7-5-15(11-21)23-14-4-6-18-13(9-14)10-20(2)3/h4,6,8-9,15H,5,7,10-11H2,1-3H3. The van der Waals surface area contributed by atoms with Crippen LogP contribution >= 0.6 is 0 Å². The number of pyridine rings is 1. The van der Waals surface area contributed by atoms with E-state index in [1.807, 2.05) is 26.2 Å². The second-order valence-corrected chi connectivity index (χ2v) is 6.33. The van der Waals surface area contributed by atoms with Crippen molar-refractivity contribution >= 4 is 5.91 Å². The lowest BCUT2D eigenvalue weighted by Gasteiger charge is -2.16. The molecule has 24 heavy (non-hydrogen) atoms. The van der Waals surface area contributed by atoms with Crippen molar-refractivity contribution in [3.05, 3.63) is 41.5 Å². The van der Waals surface area contributed by atoms with E-state index in [0.717, 1.165) is 24.4 Å². The van der Waals surface area contributed by atoms with Gasteiger partial charge >= 0.3 is 0 Å². The third-order valence-corrected chi connectivity index (χ3v) is 3.84. The quantitative estimate of drug-likeness (QED) is 0.831.